The van der Waals surface area contributed by atoms with Crippen LogP contribution in [0.1, 0.15) is 5.89 Å². The molecule has 0 aliphatic rings. The third-order valence-electron chi connectivity index (χ3n) is 2.12. The largest absolute Gasteiger partial charge is 0.433 e. The number of aryl methyl sites for hydroxylation is 1. The topological polar surface area (TPSA) is 60.2 Å². The lowest BCUT2D eigenvalue weighted by Crippen LogP contribution is -2.04. The molecule has 102 valence electrons. The number of hydrogen-bond donors (Lipinski definition) is 1. The van der Waals surface area contributed by atoms with E-state index in [-0.39, 0.29) is 11.8 Å². The summed E-state index contributed by atoms with van der Waals surface area (Å²) in [6.45, 7) is -2.91. The van der Waals surface area contributed by atoms with Gasteiger partial charge in [-0.15, -0.1) is 16.7 Å². The molecular formula is C11H10ClF2N3O2. The van der Waals surface area contributed by atoms with Gasteiger partial charge in [-0.1, -0.05) is 17.2 Å². The van der Waals surface area contributed by atoms with Gasteiger partial charge in [0.25, 0.3) is 0 Å². The number of aromatic nitrogens is 2. The molecule has 1 aromatic heterocycles. The summed E-state index contributed by atoms with van der Waals surface area (Å²) in [4.78, 5) is 0. The monoisotopic (exact) mass is 289 g/mol. The summed E-state index contributed by atoms with van der Waals surface area (Å²) in [5.74, 6) is 0.714. The van der Waals surface area contributed by atoms with E-state index in [0.717, 1.165) is 0 Å². The molecule has 1 aromatic carbocycles. The first-order valence-electron chi connectivity index (χ1n) is 5.38. The molecule has 2 aromatic rings. The number of para-hydroxylation sites is 2. The van der Waals surface area contributed by atoms with Crippen molar-refractivity contribution in [3.8, 4) is 5.75 Å². The van der Waals surface area contributed by atoms with Crippen molar-refractivity contribution >= 4 is 23.3 Å². The van der Waals surface area contributed by atoms with Crippen LogP contribution in [0.25, 0.3) is 0 Å². The lowest BCUT2D eigenvalue weighted by atomic mass is 10.3. The Morgan fingerprint density at radius 1 is 1.32 bits per heavy atom. The summed E-state index contributed by atoms with van der Waals surface area (Å²) in [5.41, 5.74) is 0.309. The van der Waals surface area contributed by atoms with Crippen LogP contribution in [0.3, 0.4) is 0 Å². The zero-order valence-corrected chi connectivity index (χ0v) is 10.4. The van der Waals surface area contributed by atoms with Gasteiger partial charge in [-0.3, -0.25) is 0 Å². The van der Waals surface area contributed by atoms with Crippen LogP contribution in [0.15, 0.2) is 28.7 Å². The Kier molecular flexibility index (Phi) is 4.51. The smallest absolute Gasteiger partial charge is 0.387 e. The van der Waals surface area contributed by atoms with E-state index in [1.165, 1.54) is 6.07 Å². The minimum absolute atomic E-state index is 0.00501. The highest BCUT2D eigenvalue weighted by Gasteiger charge is 2.12. The Labute approximate surface area is 112 Å². The molecule has 19 heavy (non-hydrogen) atoms. The molecule has 8 heteroatoms. The molecule has 1 N–H and O–H groups in total. The number of rotatable bonds is 6. The molecule has 0 spiro atoms. The van der Waals surface area contributed by atoms with Crippen molar-refractivity contribution in [1.82, 2.24) is 10.2 Å². The maximum Gasteiger partial charge on any atom is 0.387 e. The second-order valence-electron chi connectivity index (χ2n) is 3.44. The van der Waals surface area contributed by atoms with Crippen LogP contribution >= 0.6 is 11.6 Å². The van der Waals surface area contributed by atoms with Crippen LogP contribution < -0.4 is 10.1 Å². The average molecular weight is 290 g/mol. The summed E-state index contributed by atoms with van der Waals surface area (Å²) < 4.78 is 34.0. The zero-order chi connectivity index (χ0) is 13.7. The molecule has 0 fully saturated rings. The molecule has 1 heterocycles. The van der Waals surface area contributed by atoms with Gasteiger partial charge in [0.1, 0.15) is 5.75 Å². The fourth-order valence-corrected chi connectivity index (χ4v) is 1.53. The maximum atomic E-state index is 12.2. The SMILES string of the molecule is FC(F)Oc1ccccc1Nc1nnc(CCCl)o1. The average Bonchev–Trinajstić information content (AvgIpc) is 2.79. The molecule has 0 saturated carbocycles. The molecule has 2 rings (SSSR count). The minimum Gasteiger partial charge on any atom is -0.433 e. The van der Waals surface area contributed by atoms with Crippen molar-refractivity contribution < 1.29 is 17.9 Å². The van der Waals surface area contributed by atoms with E-state index in [2.05, 4.69) is 20.3 Å². The highest BCUT2D eigenvalue weighted by molar-refractivity contribution is 6.17. The molecule has 0 atom stereocenters. The molecule has 0 aliphatic heterocycles. The third kappa shape index (κ3) is 3.78. The van der Waals surface area contributed by atoms with E-state index in [9.17, 15) is 8.78 Å². The Morgan fingerprint density at radius 3 is 2.84 bits per heavy atom. The predicted molar refractivity (Wildman–Crippen MR) is 65.1 cm³/mol. The molecular weight excluding hydrogens is 280 g/mol. The number of anilines is 2. The fourth-order valence-electron chi connectivity index (χ4n) is 1.37. The van der Waals surface area contributed by atoms with Crippen molar-refractivity contribution in [1.29, 1.82) is 0 Å². The Hall–Kier alpha value is -1.89. The predicted octanol–water partition coefficient (Wildman–Crippen LogP) is 3.20. The summed E-state index contributed by atoms with van der Waals surface area (Å²) >= 11 is 5.54. The van der Waals surface area contributed by atoms with Gasteiger partial charge in [-0.25, -0.2) is 0 Å². The molecule has 0 aliphatic carbocycles. The lowest BCUT2D eigenvalue weighted by molar-refractivity contribution is -0.0493. The zero-order valence-electron chi connectivity index (χ0n) is 9.65. The number of benzene rings is 1. The van der Waals surface area contributed by atoms with Gasteiger partial charge in [-0.05, 0) is 12.1 Å². The highest BCUT2D eigenvalue weighted by Crippen LogP contribution is 2.28. The van der Waals surface area contributed by atoms with E-state index < -0.39 is 6.61 Å². The van der Waals surface area contributed by atoms with Gasteiger partial charge >= 0.3 is 12.6 Å². The first-order valence-corrected chi connectivity index (χ1v) is 5.91. The van der Waals surface area contributed by atoms with Gasteiger partial charge in [0, 0.05) is 12.3 Å². The van der Waals surface area contributed by atoms with Gasteiger partial charge in [0.15, 0.2) is 0 Å². The van der Waals surface area contributed by atoms with E-state index in [0.29, 0.717) is 23.9 Å². The van der Waals surface area contributed by atoms with Crippen LogP contribution in [0, 0.1) is 0 Å². The number of nitrogens with zero attached hydrogens (tertiary/aromatic N) is 2. The van der Waals surface area contributed by atoms with Crippen LogP contribution in [0.4, 0.5) is 20.5 Å². The second kappa shape index (κ2) is 6.33. The number of nitrogens with one attached hydrogen (secondary N) is 1. The van der Waals surface area contributed by atoms with E-state index >= 15 is 0 Å². The van der Waals surface area contributed by atoms with Crippen LogP contribution in [0.5, 0.6) is 5.75 Å². The molecule has 0 radical (unpaired) electrons. The molecule has 0 saturated heterocycles. The summed E-state index contributed by atoms with van der Waals surface area (Å²) in [6, 6.07) is 6.30. The number of alkyl halides is 3. The van der Waals surface area contributed by atoms with Crippen molar-refractivity contribution in [2.24, 2.45) is 0 Å². The number of ether oxygens (including phenoxy) is 1. The minimum atomic E-state index is -2.91. The van der Waals surface area contributed by atoms with E-state index in [4.69, 9.17) is 16.0 Å². The summed E-state index contributed by atoms with van der Waals surface area (Å²) in [7, 11) is 0. The van der Waals surface area contributed by atoms with E-state index in [1.54, 1.807) is 18.2 Å². The molecule has 5 nitrogen and oxygen atoms in total. The Balaban J connectivity index is 2.13. The summed E-state index contributed by atoms with van der Waals surface area (Å²) in [6.07, 6.45) is 0.436. The fraction of sp³-hybridized carbons (Fsp3) is 0.273. The quantitative estimate of drug-likeness (QED) is 0.828. The van der Waals surface area contributed by atoms with Crippen molar-refractivity contribution in [2.75, 3.05) is 11.2 Å². The highest BCUT2D eigenvalue weighted by atomic mass is 35.5. The first-order chi connectivity index (χ1) is 9.19. The normalized spacial score (nSPS) is 10.7. The number of hydrogen-bond acceptors (Lipinski definition) is 5. The van der Waals surface area contributed by atoms with Crippen LogP contribution in [0.2, 0.25) is 0 Å². The Morgan fingerprint density at radius 2 is 2.11 bits per heavy atom. The van der Waals surface area contributed by atoms with Crippen molar-refractivity contribution in [2.45, 2.75) is 13.0 Å². The molecule has 0 bridgehead atoms. The second-order valence-corrected chi connectivity index (χ2v) is 3.82. The summed E-state index contributed by atoms with van der Waals surface area (Å²) in [5, 5.41) is 10.2. The third-order valence-corrected chi connectivity index (χ3v) is 2.31. The van der Waals surface area contributed by atoms with E-state index in [1.807, 2.05) is 0 Å². The number of halogens is 3. The standard InChI is InChI=1S/C11H10ClF2N3O2/c12-6-5-9-16-17-11(19-9)15-7-3-1-2-4-8(7)18-10(13)14/h1-4,10H,5-6H2,(H,15,17). The van der Waals surface area contributed by atoms with Crippen LogP contribution in [-0.4, -0.2) is 22.7 Å². The maximum absolute atomic E-state index is 12.2. The van der Waals surface area contributed by atoms with Gasteiger partial charge in [0.2, 0.25) is 5.89 Å². The molecule has 0 unspecified atom stereocenters. The van der Waals surface area contributed by atoms with Gasteiger partial charge < -0.3 is 14.5 Å². The molecule has 0 amide bonds. The first kappa shape index (κ1) is 13.5. The van der Waals surface area contributed by atoms with Gasteiger partial charge in [0.05, 0.1) is 5.69 Å². The van der Waals surface area contributed by atoms with Crippen molar-refractivity contribution in [3.63, 3.8) is 0 Å². The van der Waals surface area contributed by atoms with Gasteiger partial charge in [-0.2, -0.15) is 8.78 Å². The van der Waals surface area contributed by atoms with Crippen molar-refractivity contribution in [3.05, 3.63) is 30.2 Å². The lowest BCUT2D eigenvalue weighted by Gasteiger charge is -2.09. The Bertz CT molecular complexity index is 536. The van der Waals surface area contributed by atoms with Crippen LogP contribution in [-0.2, 0) is 6.42 Å².